The number of hydrogen-bond donors (Lipinski definition) is 3. The minimum atomic E-state index is -4.78. The quantitative estimate of drug-likeness (QED) is 0.386. The van der Waals surface area contributed by atoms with E-state index in [4.69, 9.17) is 4.74 Å². The van der Waals surface area contributed by atoms with Crippen molar-refractivity contribution >= 4 is 11.8 Å². The fraction of sp³-hybridized carbons (Fsp3) is 0.621. The van der Waals surface area contributed by atoms with E-state index in [1.807, 2.05) is 0 Å². The maximum absolute atomic E-state index is 12.8. The Morgan fingerprint density at radius 1 is 1.07 bits per heavy atom. The first-order valence-electron chi connectivity index (χ1n) is 14.2. The molecule has 1 aliphatic heterocycles. The SMILES string of the molecule is N#Cc1cnc(NCc2ccccc2OC(F)(F)F)nc1NC[C@@]12CC3C[C@H](C1)[C@@H](NC1CCOCC1)[C@@H](C3)C2. The Balaban J connectivity index is 1.11. The van der Waals surface area contributed by atoms with Gasteiger partial charge >= 0.3 is 6.36 Å². The monoisotopic (exact) mass is 556 g/mol. The molecular weight excluding hydrogens is 521 g/mol. The van der Waals surface area contributed by atoms with Gasteiger partial charge in [-0.2, -0.15) is 10.2 Å². The van der Waals surface area contributed by atoms with E-state index >= 15 is 0 Å². The first-order chi connectivity index (χ1) is 19.3. The van der Waals surface area contributed by atoms with Gasteiger partial charge in [-0.05, 0) is 74.2 Å². The number of halogens is 3. The maximum Gasteiger partial charge on any atom is 0.573 e. The van der Waals surface area contributed by atoms with Gasteiger partial charge in [0.2, 0.25) is 5.95 Å². The lowest BCUT2D eigenvalue weighted by atomic mass is 9.48. The smallest absolute Gasteiger partial charge is 0.405 e. The van der Waals surface area contributed by atoms with Gasteiger partial charge in [-0.3, -0.25) is 0 Å². The highest BCUT2D eigenvalue weighted by atomic mass is 19.4. The van der Waals surface area contributed by atoms with E-state index in [0.29, 0.717) is 40.9 Å². The van der Waals surface area contributed by atoms with Crippen LogP contribution in [0.1, 0.15) is 56.1 Å². The van der Waals surface area contributed by atoms with Crippen LogP contribution in [0.3, 0.4) is 0 Å². The first-order valence-corrected chi connectivity index (χ1v) is 14.2. The lowest BCUT2D eigenvalue weighted by Crippen LogP contribution is -2.61. The molecule has 2 heterocycles. The van der Waals surface area contributed by atoms with E-state index in [-0.39, 0.29) is 23.7 Å². The molecule has 2 aromatic rings. The summed E-state index contributed by atoms with van der Waals surface area (Å²) in [5.74, 6) is 2.51. The Labute approximate surface area is 232 Å². The molecule has 4 aliphatic carbocycles. The van der Waals surface area contributed by atoms with Gasteiger partial charge in [0.15, 0.2) is 0 Å². The molecule has 7 rings (SSSR count). The molecule has 4 saturated carbocycles. The van der Waals surface area contributed by atoms with E-state index in [9.17, 15) is 18.4 Å². The van der Waals surface area contributed by atoms with E-state index in [2.05, 4.69) is 36.7 Å². The van der Waals surface area contributed by atoms with Crippen LogP contribution < -0.4 is 20.7 Å². The standard InChI is InChI=1S/C29H35F3N6O2/c30-29(31,32)40-24-4-2-1-3-19(24)15-34-27-35-16-22(14-33)26(38-27)36-17-28-11-18-9-20(12-28)25(21(10-18)13-28)37-23-5-7-39-8-6-23/h1-4,16,18,20-21,23,25,37H,5-13,15,17H2,(H2,34,35,36,38)/t18?,20-,21+,25-,28+. The topological polar surface area (TPSA) is 104 Å². The Kier molecular flexibility index (Phi) is 7.48. The normalized spacial score (nSPS) is 29.6. The summed E-state index contributed by atoms with van der Waals surface area (Å²) in [6.45, 7) is 2.48. The van der Waals surface area contributed by atoms with Crippen molar-refractivity contribution in [2.45, 2.75) is 69.9 Å². The van der Waals surface area contributed by atoms with Crippen LogP contribution in [-0.2, 0) is 11.3 Å². The van der Waals surface area contributed by atoms with Crippen molar-refractivity contribution in [1.82, 2.24) is 15.3 Å². The van der Waals surface area contributed by atoms with Crippen LogP contribution in [0.2, 0.25) is 0 Å². The van der Waals surface area contributed by atoms with Gasteiger partial charge in [0.25, 0.3) is 0 Å². The summed E-state index contributed by atoms with van der Waals surface area (Å²) in [5, 5.41) is 20.2. The van der Waals surface area contributed by atoms with Gasteiger partial charge in [-0.15, -0.1) is 13.2 Å². The molecule has 1 saturated heterocycles. The number of ether oxygens (including phenoxy) is 2. The van der Waals surface area contributed by atoms with Gasteiger partial charge in [-0.25, -0.2) is 4.98 Å². The van der Waals surface area contributed by atoms with Crippen LogP contribution >= 0.6 is 0 Å². The van der Waals surface area contributed by atoms with Crippen molar-refractivity contribution in [3.63, 3.8) is 0 Å². The van der Waals surface area contributed by atoms with Gasteiger partial charge in [0.05, 0.1) is 6.20 Å². The Bertz CT molecular complexity index is 1230. The number of alkyl halides is 3. The third-order valence-corrected chi connectivity index (χ3v) is 9.22. The molecule has 1 aromatic heterocycles. The average molecular weight is 557 g/mol. The molecule has 4 bridgehead atoms. The van der Waals surface area contributed by atoms with Crippen LogP contribution in [0.15, 0.2) is 30.5 Å². The van der Waals surface area contributed by atoms with Crippen molar-refractivity contribution in [2.24, 2.45) is 23.2 Å². The van der Waals surface area contributed by atoms with Crippen molar-refractivity contribution in [2.75, 3.05) is 30.4 Å². The summed E-state index contributed by atoms with van der Waals surface area (Å²) in [7, 11) is 0. The highest BCUT2D eigenvalue weighted by Crippen LogP contribution is 2.60. The number of para-hydroxylation sites is 1. The molecule has 5 atom stereocenters. The van der Waals surface area contributed by atoms with Crippen LogP contribution in [0.5, 0.6) is 5.75 Å². The number of nitriles is 1. The number of rotatable bonds is 9. The zero-order chi connectivity index (χ0) is 27.7. The van der Waals surface area contributed by atoms with Crippen LogP contribution in [0, 0.1) is 34.5 Å². The fourth-order valence-electron chi connectivity index (χ4n) is 7.82. The number of anilines is 2. The number of benzene rings is 1. The van der Waals surface area contributed by atoms with Gasteiger partial charge in [-0.1, -0.05) is 18.2 Å². The third-order valence-electron chi connectivity index (χ3n) is 9.22. The molecule has 8 nitrogen and oxygen atoms in total. The van der Waals surface area contributed by atoms with Crippen molar-refractivity contribution in [3.05, 3.63) is 41.6 Å². The minimum absolute atomic E-state index is 0.0358. The number of nitrogens with one attached hydrogen (secondary N) is 3. The molecular formula is C29H35F3N6O2. The molecule has 5 aliphatic rings. The predicted octanol–water partition coefficient (Wildman–Crippen LogP) is 5.23. The number of hydrogen-bond acceptors (Lipinski definition) is 8. The summed E-state index contributed by atoms with van der Waals surface area (Å²) in [6.07, 6.45) is 4.98. The molecule has 0 spiro atoms. The maximum atomic E-state index is 12.8. The van der Waals surface area contributed by atoms with Crippen LogP contribution in [0.25, 0.3) is 0 Å². The minimum Gasteiger partial charge on any atom is -0.405 e. The summed E-state index contributed by atoms with van der Waals surface area (Å²) >= 11 is 0. The van der Waals surface area contributed by atoms with E-state index in [0.717, 1.165) is 38.5 Å². The third kappa shape index (κ3) is 5.98. The molecule has 1 unspecified atom stereocenters. The summed E-state index contributed by atoms with van der Waals surface area (Å²) in [5.41, 5.74) is 0.846. The van der Waals surface area contributed by atoms with Crippen LogP contribution in [0.4, 0.5) is 24.9 Å². The predicted molar refractivity (Wildman–Crippen MR) is 142 cm³/mol. The van der Waals surface area contributed by atoms with E-state index in [1.54, 1.807) is 12.1 Å². The summed E-state index contributed by atoms with van der Waals surface area (Å²) < 4.78 is 48.1. The highest BCUT2D eigenvalue weighted by Gasteiger charge is 2.55. The number of nitrogens with zero attached hydrogens (tertiary/aromatic N) is 3. The Morgan fingerprint density at radius 3 is 2.55 bits per heavy atom. The Hall–Kier alpha value is -3.10. The second-order valence-electron chi connectivity index (χ2n) is 12.0. The van der Waals surface area contributed by atoms with Crippen molar-refractivity contribution in [1.29, 1.82) is 5.26 Å². The summed E-state index contributed by atoms with van der Waals surface area (Å²) in [4.78, 5) is 8.73. The lowest BCUT2D eigenvalue weighted by Gasteiger charge is -2.61. The average Bonchev–Trinajstić information content (AvgIpc) is 2.93. The zero-order valence-electron chi connectivity index (χ0n) is 22.3. The van der Waals surface area contributed by atoms with E-state index < -0.39 is 6.36 Å². The highest BCUT2D eigenvalue weighted by molar-refractivity contribution is 5.53. The first kappa shape index (κ1) is 27.1. The van der Waals surface area contributed by atoms with E-state index in [1.165, 1.54) is 50.4 Å². The fourth-order valence-corrected chi connectivity index (χ4v) is 7.82. The molecule has 0 amide bonds. The molecule has 3 N–H and O–H groups in total. The molecule has 11 heteroatoms. The van der Waals surface area contributed by atoms with Crippen molar-refractivity contribution in [3.8, 4) is 11.8 Å². The van der Waals surface area contributed by atoms with Crippen LogP contribution in [-0.4, -0.2) is 48.2 Å². The second kappa shape index (κ2) is 11.1. The second-order valence-corrected chi connectivity index (χ2v) is 12.0. The molecule has 1 aromatic carbocycles. The molecule has 214 valence electrons. The Morgan fingerprint density at radius 2 is 1.82 bits per heavy atom. The van der Waals surface area contributed by atoms with Gasteiger partial charge in [0, 0.05) is 44.0 Å². The number of aromatic nitrogens is 2. The summed E-state index contributed by atoms with van der Waals surface area (Å²) in [6, 6.07) is 9.25. The van der Waals surface area contributed by atoms with Gasteiger partial charge in [0.1, 0.15) is 23.2 Å². The van der Waals surface area contributed by atoms with Gasteiger partial charge < -0.3 is 25.4 Å². The lowest BCUT2D eigenvalue weighted by molar-refractivity contribution is -0.274. The largest absolute Gasteiger partial charge is 0.573 e. The molecule has 40 heavy (non-hydrogen) atoms. The molecule has 0 radical (unpaired) electrons. The zero-order valence-corrected chi connectivity index (χ0v) is 22.3. The van der Waals surface area contributed by atoms with Crippen molar-refractivity contribution < 1.29 is 22.6 Å². The molecule has 5 fully saturated rings.